The zero-order chi connectivity index (χ0) is 18.0. The number of nitrogens with one attached hydrogen (secondary N) is 1. The van der Waals surface area contributed by atoms with Crippen molar-refractivity contribution >= 4 is 21.6 Å². The van der Waals surface area contributed by atoms with Gasteiger partial charge in [-0.3, -0.25) is 9.69 Å². The summed E-state index contributed by atoms with van der Waals surface area (Å²) in [6, 6.07) is 9.10. The second-order valence-corrected chi connectivity index (χ2v) is 7.78. The van der Waals surface area contributed by atoms with Gasteiger partial charge in [-0.25, -0.2) is 4.68 Å². The molecule has 134 valence electrons. The molecule has 1 aliphatic heterocycles. The third kappa shape index (κ3) is 3.96. The van der Waals surface area contributed by atoms with E-state index in [9.17, 15) is 4.79 Å². The molecule has 2 aromatic rings. The minimum absolute atomic E-state index is 0.127. The van der Waals surface area contributed by atoms with E-state index in [0.29, 0.717) is 16.4 Å². The number of hydrogen-bond donors (Lipinski definition) is 1. The average molecular weight is 405 g/mol. The molecule has 5 nitrogen and oxygen atoms in total. The van der Waals surface area contributed by atoms with Crippen LogP contribution in [-0.2, 0) is 20.0 Å². The van der Waals surface area contributed by atoms with Crippen molar-refractivity contribution in [3.8, 4) is 0 Å². The van der Waals surface area contributed by atoms with Gasteiger partial charge in [0.2, 0.25) is 0 Å². The Morgan fingerprint density at radius 2 is 2.00 bits per heavy atom. The summed E-state index contributed by atoms with van der Waals surface area (Å²) in [7, 11) is 1.65. The second kappa shape index (κ2) is 7.70. The van der Waals surface area contributed by atoms with Gasteiger partial charge in [0.15, 0.2) is 0 Å². The van der Waals surface area contributed by atoms with Gasteiger partial charge in [-0.15, -0.1) is 0 Å². The molecule has 0 radical (unpaired) electrons. The molecule has 0 fully saturated rings. The molecule has 0 amide bonds. The normalized spacial score (nSPS) is 15.9. The van der Waals surface area contributed by atoms with E-state index in [1.165, 1.54) is 15.8 Å². The summed E-state index contributed by atoms with van der Waals surface area (Å²) in [4.78, 5) is 14.6. The molecule has 1 atom stereocenters. The highest BCUT2D eigenvalue weighted by Gasteiger charge is 2.25. The summed E-state index contributed by atoms with van der Waals surface area (Å²) < 4.78 is 1.87. The Morgan fingerprint density at radius 1 is 1.28 bits per heavy atom. The lowest BCUT2D eigenvalue weighted by Crippen LogP contribution is -2.46. The lowest BCUT2D eigenvalue weighted by atomic mass is 9.95. The van der Waals surface area contributed by atoms with E-state index in [1.807, 2.05) is 0 Å². The highest BCUT2D eigenvalue weighted by atomic mass is 79.9. The van der Waals surface area contributed by atoms with E-state index in [-0.39, 0.29) is 5.56 Å². The number of aromatic nitrogens is 2. The van der Waals surface area contributed by atoms with Crippen LogP contribution in [0.15, 0.2) is 39.7 Å². The lowest BCUT2D eigenvalue weighted by molar-refractivity contribution is 0.147. The molecule has 0 saturated heterocycles. The van der Waals surface area contributed by atoms with E-state index in [4.69, 9.17) is 0 Å². The van der Waals surface area contributed by atoms with Crippen LogP contribution in [0.3, 0.4) is 0 Å². The van der Waals surface area contributed by atoms with Gasteiger partial charge in [0.25, 0.3) is 5.56 Å². The van der Waals surface area contributed by atoms with Gasteiger partial charge in [-0.2, -0.15) is 5.10 Å². The van der Waals surface area contributed by atoms with E-state index < -0.39 is 0 Å². The summed E-state index contributed by atoms with van der Waals surface area (Å²) in [6.45, 7) is 7.34. The zero-order valence-corrected chi connectivity index (χ0v) is 16.6. The number of fused-ring (bicyclic) bond motifs is 1. The number of anilines is 1. The Balaban J connectivity index is 1.73. The number of halogens is 1. The summed E-state index contributed by atoms with van der Waals surface area (Å²) >= 11 is 3.39. The van der Waals surface area contributed by atoms with Crippen LogP contribution in [0.1, 0.15) is 25.0 Å². The fourth-order valence-electron chi connectivity index (χ4n) is 3.44. The van der Waals surface area contributed by atoms with Gasteiger partial charge < -0.3 is 5.32 Å². The lowest BCUT2D eigenvalue weighted by Gasteiger charge is -2.38. The quantitative estimate of drug-likeness (QED) is 0.831. The second-order valence-electron chi connectivity index (χ2n) is 6.98. The van der Waals surface area contributed by atoms with Crippen LogP contribution >= 0.6 is 15.9 Å². The first-order chi connectivity index (χ1) is 12.0. The summed E-state index contributed by atoms with van der Waals surface area (Å²) in [6.07, 6.45) is 2.80. The van der Waals surface area contributed by atoms with Gasteiger partial charge in [-0.1, -0.05) is 38.1 Å². The maximum atomic E-state index is 12.0. The van der Waals surface area contributed by atoms with Crippen LogP contribution in [0.25, 0.3) is 0 Å². The average Bonchev–Trinajstić information content (AvgIpc) is 2.61. The van der Waals surface area contributed by atoms with Crippen molar-refractivity contribution in [3.63, 3.8) is 0 Å². The first kappa shape index (κ1) is 18.1. The fraction of sp³-hybridized carbons (Fsp3) is 0.474. The van der Waals surface area contributed by atoms with Crippen molar-refractivity contribution in [2.75, 3.05) is 18.4 Å². The number of hydrogen-bond acceptors (Lipinski definition) is 4. The van der Waals surface area contributed by atoms with Crippen LogP contribution in [0.5, 0.6) is 0 Å². The smallest absolute Gasteiger partial charge is 0.282 e. The van der Waals surface area contributed by atoms with Gasteiger partial charge in [0.1, 0.15) is 4.47 Å². The minimum atomic E-state index is -0.127. The van der Waals surface area contributed by atoms with E-state index in [2.05, 4.69) is 69.4 Å². The van der Waals surface area contributed by atoms with Crippen LogP contribution in [0.4, 0.5) is 5.69 Å². The van der Waals surface area contributed by atoms with Crippen molar-refractivity contribution in [1.82, 2.24) is 14.7 Å². The molecule has 0 bridgehead atoms. The molecule has 0 aliphatic carbocycles. The van der Waals surface area contributed by atoms with E-state index in [0.717, 1.165) is 31.7 Å². The van der Waals surface area contributed by atoms with Crippen molar-refractivity contribution in [1.29, 1.82) is 0 Å². The number of benzene rings is 1. The molecule has 1 aromatic heterocycles. The molecule has 25 heavy (non-hydrogen) atoms. The summed E-state index contributed by atoms with van der Waals surface area (Å²) in [5.41, 5.74) is 3.52. The molecule has 3 rings (SSSR count). The molecule has 1 aromatic carbocycles. The van der Waals surface area contributed by atoms with Crippen molar-refractivity contribution in [3.05, 3.63) is 56.4 Å². The first-order valence-corrected chi connectivity index (χ1v) is 9.53. The van der Waals surface area contributed by atoms with Crippen LogP contribution in [0, 0.1) is 5.92 Å². The Bertz CT molecular complexity index is 802. The zero-order valence-electron chi connectivity index (χ0n) is 15.0. The van der Waals surface area contributed by atoms with Gasteiger partial charge in [-0.05, 0) is 39.4 Å². The molecule has 0 saturated carbocycles. The fourth-order valence-corrected chi connectivity index (χ4v) is 3.93. The predicted octanol–water partition coefficient (Wildman–Crippen LogP) is 3.04. The molecule has 1 N–H and O–H groups in total. The van der Waals surface area contributed by atoms with Crippen molar-refractivity contribution in [2.24, 2.45) is 13.0 Å². The Morgan fingerprint density at radius 3 is 2.72 bits per heavy atom. The topological polar surface area (TPSA) is 50.2 Å². The van der Waals surface area contributed by atoms with Crippen LogP contribution in [-0.4, -0.2) is 33.8 Å². The van der Waals surface area contributed by atoms with E-state index >= 15 is 0 Å². The Labute approximate surface area is 157 Å². The number of nitrogens with zero attached hydrogens (tertiary/aromatic N) is 3. The highest BCUT2D eigenvalue weighted by molar-refractivity contribution is 9.10. The standard InChI is InChI=1S/C19H25BrN4O/c1-13(2)17(11-21-16-10-22-23(3)19(25)18(16)20)24-9-8-14-6-4-5-7-15(14)12-24/h4-7,10,13,17,21H,8-9,11-12H2,1-3H3. The number of aryl methyl sites for hydroxylation is 1. The third-order valence-corrected chi connectivity index (χ3v) is 5.74. The molecular formula is C19H25BrN4O. The van der Waals surface area contributed by atoms with Gasteiger partial charge in [0, 0.05) is 32.7 Å². The monoisotopic (exact) mass is 404 g/mol. The maximum Gasteiger partial charge on any atom is 0.282 e. The van der Waals surface area contributed by atoms with Gasteiger partial charge >= 0.3 is 0 Å². The van der Waals surface area contributed by atoms with Crippen molar-refractivity contribution in [2.45, 2.75) is 32.9 Å². The first-order valence-electron chi connectivity index (χ1n) is 8.74. The summed E-state index contributed by atoms with van der Waals surface area (Å²) in [5, 5.41) is 7.52. The third-order valence-electron chi connectivity index (χ3n) is 4.98. The Hall–Kier alpha value is -1.66. The molecule has 6 heteroatoms. The highest BCUT2D eigenvalue weighted by Crippen LogP contribution is 2.24. The number of rotatable bonds is 5. The molecule has 0 spiro atoms. The Kier molecular flexibility index (Phi) is 5.59. The van der Waals surface area contributed by atoms with Crippen molar-refractivity contribution < 1.29 is 0 Å². The predicted molar refractivity (Wildman–Crippen MR) is 105 cm³/mol. The summed E-state index contributed by atoms with van der Waals surface area (Å²) in [5.74, 6) is 0.510. The van der Waals surface area contributed by atoms with Crippen LogP contribution in [0.2, 0.25) is 0 Å². The minimum Gasteiger partial charge on any atom is -0.381 e. The molecular weight excluding hydrogens is 380 g/mol. The van der Waals surface area contributed by atoms with Crippen LogP contribution < -0.4 is 10.9 Å². The van der Waals surface area contributed by atoms with E-state index in [1.54, 1.807) is 13.2 Å². The SMILES string of the molecule is CC(C)C(CNc1cnn(C)c(=O)c1Br)N1CCc2ccccc2C1. The maximum absolute atomic E-state index is 12.0. The molecule has 1 aliphatic rings. The molecule has 1 unspecified atom stereocenters. The molecule has 2 heterocycles. The van der Waals surface area contributed by atoms with Gasteiger partial charge in [0.05, 0.1) is 11.9 Å². The largest absolute Gasteiger partial charge is 0.381 e.